The average Bonchev–Trinajstić information content (AvgIpc) is 3.03. The second-order valence-corrected chi connectivity index (χ2v) is 4.92. The Hall–Kier alpha value is -2.14. The normalized spacial score (nSPS) is 11.1. The van der Waals surface area contributed by atoms with Gasteiger partial charge in [0.25, 0.3) is 0 Å². The van der Waals surface area contributed by atoms with Crippen LogP contribution in [0.25, 0.3) is 10.9 Å². The van der Waals surface area contributed by atoms with Crippen LogP contribution in [0.15, 0.2) is 30.7 Å². The maximum absolute atomic E-state index is 11.2. The number of aryl methyl sites for hydroxylation is 1. The first kappa shape index (κ1) is 12.9. The molecule has 0 bridgehead atoms. The van der Waals surface area contributed by atoms with E-state index in [0.717, 1.165) is 29.6 Å². The first-order valence-electron chi connectivity index (χ1n) is 6.33. The number of rotatable bonds is 4. The van der Waals surface area contributed by atoms with E-state index in [1.54, 1.807) is 6.07 Å². The van der Waals surface area contributed by atoms with Crippen LogP contribution in [-0.2, 0) is 13.1 Å². The summed E-state index contributed by atoms with van der Waals surface area (Å²) in [6, 6.07) is 5.51. The molecule has 1 aromatic carbocycles. The van der Waals surface area contributed by atoms with Gasteiger partial charge in [-0.25, -0.2) is 9.67 Å². The van der Waals surface area contributed by atoms with Gasteiger partial charge in [0, 0.05) is 28.7 Å². The van der Waals surface area contributed by atoms with Gasteiger partial charge in [0.05, 0.1) is 12.1 Å². The number of aromatic nitrogens is 4. The first-order chi connectivity index (χ1) is 9.72. The number of benzene rings is 1. The maximum Gasteiger partial charge on any atom is 0.152 e. The molecule has 0 saturated carbocycles. The highest BCUT2D eigenvalue weighted by atomic mass is 35.5. The molecule has 6 heteroatoms. The number of halogens is 1. The van der Waals surface area contributed by atoms with Gasteiger partial charge in [-0.1, -0.05) is 17.7 Å². The van der Waals surface area contributed by atoms with Crippen molar-refractivity contribution in [3.05, 3.63) is 47.1 Å². The van der Waals surface area contributed by atoms with Crippen molar-refractivity contribution in [1.29, 1.82) is 0 Å². The lowest BCUT2D eigenvalue weighted by molar-refractivity contribution is 0.112. The van der Waals surface area contributed by atoms with E-state index in [1.165, 1.54) is 6.33 Å². The molecule has 2 heterocycles. The Labute approximate surface area is 120 Å². The quantitative estimate of drug-likeness (QED) is 0.694. The molecule has 5 nitrogen and oxygen atoms in total. The Kier molecular flexibility index (Phi) is 3.28. The van der Waals surface area contributed by atoms with Gasteiger partial charge < -0.3 is 4.57 Å². The molecule has 0 fully saturated rings. The maximum atomic E-state index is 11.2. The molecule has 0 radical (unpaired) electrons. The summed E-state index contributed by atoms with van der Waals surface area (Å²) >= 11 is 6.05. The molecule has 20 heavy (non-hydrogen) atoms. The Morgan fingerprint density at radius 2 is 2.25 bits per heavy atom. The molecule has 0 atom stereocenters. The van der Waals surface area contributed by atoms with Gasteiger partial charge >= 0.3 is 0 Å². The Morgan fingerprint density at radius 3 is 3.00 bits per heavy atom. The van der Waals surface area contributed by atoms with Gasteiger partial charge in [-0.2, -0.15) is 5.10 Å². The van der Waals surface area contributed by atoms with Gasteiger partial charge in [-0.3, -0.25) is 4.79 Å². The minimum absolute atomic E-state index is 0.554. The predicted molar refractivity (Wildman–Crippen MR) is 77.1 cm³/mol. The van der Waals surface area contributed by atoms with Gasteiger partial charge in [0.15, 0.2) is 6.29 Å². The summed E-state index contributed by atoms with van der Waals surface area (Å²) in [5, 5.41) is 5.69. The van der Waals surface area contributed by atoms with Crippen molar-refractivity contribution < 1.29 is 4.79 Å². The molecule has 0 aliphatic carbocycles. The minimum atomic E-state index is 0.554. The second-order valence-electron chi connectivity index (χ2n) is 4.48. The fourth-order valence-electron chi connectivity index (χ4n) is 2.35. The Balaban J connectivity index is 2.11. The monoisotopic (exact) mass is 288 g/mol. The largest absolute Gasteiger partial charge is 0.339 e. The van der Waals surface area contributed by atoms with E-state index < -0.39 is 0 Å². The summed E-state index contributed by atoms with van der Waals surface area (Å²) in [5.74, 6) is 0.849. The van der Waals surface area contributed by atoms with Crippen LogP contribution >= 0.6 is 11.6 Å². The van der Waals surface area contributed by atoms with E-state index in [1.807, 2.05) is 34.5 Å². The standard InChI is InChI=1S/C14H13ClN4O/c1-2-19-14(16-9-17-19)7-18-6-10(8-20)12-4-3-11(15)5-13(12)18/h3-6,8-9H,2,7H2,1H3. The van der Waals surface area contributed by atoms with Gasteiger partial charge in [-0.05, 0) is 19.1 Å². The van der Waals surface area contributed by atoms with Crippen LogP contribution < -0.4 is 0 Å². The number of carbonyl (C=O) groups excluding carboxylic acids is 1. The molecular weight excluding hydrogens is 276 g/mol. The molecule has 3 aromatic rings. The molecule has 0 spiro atoms. The highest BCUT2D eigenvalue weighted by Gasteiger charge is 2.11. The van der Waals surface area contributed by atoms with Crippen LogP contribution in [-0.4, -0.2) is 25.6 Å². The van der Waals surface area contributed by atoms with Crippen molar-refractivity contribution in [1.82, 2.24) is 19.3 Å². The predicted octanol–water partition coefficient (Wildman–Crippen LogP) is 2.77. The number of nitrogens with zero attached hydrogens (tertiary/aromatic N) is 4. The molecule has 0 saturated heterocycles. The van der Waals surface area contributed by atoms with Gasteiger partial charge in [0.2, 0.25) is 0 Å². The molecule has 0 amide bonds. The Morgan fingerprint density at radius 1 is 1.40 bits per heavy atom. The number of hydrogen-bond donors (Lipinski definition) is 0. The van der Waals surface area contributed by atoms with E-state index in [-0.39, 0.29) is 0 Å². The van der Waals surface area contributed by atoms with Crippen LogP contribution in [0.5, 0.6) is 0 Å². The first-order valence-corrected chi connectivity index (χ1v) is 6.71. The third kappa shape index (κ3) is 2.10. The van der Waals surface area contributed by atoms with Crippen LogP contribution in [0.4, 0.5) is 0 Å². The van der Waals surface area contributed by atoms with E-state index in [2.05, 4.69) is 10.1 Å². The third-order valence-electron chi connectivity index (χ3n) is 3.31. The topological polar surface area (TPSA) is 52.7 Å². The molecule has 0 unspecified atom stereocenters. The smallest absolute Gasteiger partial charge is 0.152 e. The number of carbonyl (C=O) groups is 1. The van der Waals surface area contributed by atoms with Gasteiger partial charge in [-0.15, -0.1) is 0 Å². The van der Waals surface area contributed by atoms with Crippen molar-refractivity contribution in [2.24, 2.45) is 0 Å². The van der Waals surface area contributed by atoms with Crippen LogP contribution in [0.1, 0.15) is 23.1 Å². The average molecular weight is 289 g/mol. The molecular formula is C14H13ClN4O. The van der Waals surface area contributed by atoms with E-state index in [4.69, 9.17) is 11.6 Å². The zero-order valence-corrected chi connectivity index (χ0v) is 11.7. The zero-order chi connectivity index (χ0) is 14.1. The second kappa shape index (κ2) is 5.09. The van der Waals surface area contributed by atoms with Crippen molar-refractivity contribution in [3.63, 3.8) is 0 Å². The summed E-state index contributed by atoms with van der Waals surface area (Å²) in [6.45, 7) is 3.33. The van der Waals surface area contributed by atoms with E-state index in [0.29, 0.717) is 17.1 Å². The summed E-state index contributed by atoms with van der Waals surface area (Å²) in [5.41, 5.74) is 1.57. The number of aldehydes is 1. The van der Waals surface area contributed by atoms with Gasteiger partial charge in [0.1, 0.15) is 12.2 Å². The lowest BCUT2D eigenvalue weighted by Gasteiger charge is -2.06. The van der Waals surface area contributed by atoms with Crippen molar-refractivity contribution >= 4 is 28.8 Å². The Bertz CT molecular complexity index is 775. The van der Waals surface area contributed by atoms with Crippen molar-refractivity contribution in [3.8, 4) is 0 Å². The van der Waals surface area contributed by atoms with Crippen molar-refractivity contribution in [2.45, 2.75) is 20.0 Å². The summed E-state index contributed by atoms with van der Waals surface area (Å²) in [7, 11) is 0. The molecule has 102 valence electrons. The summed E-state index contributed by atoms with van der Waals surface area (Å²) in [6.07, 6.45) is 4.22. The fourth-order valence-corrected chi connectivity index (χ4v) is 2.51. The highest BCUT2D eigenvalue weighted by molar-refractivity contribution is 6.31. The SMILES string of the molecule is CCn1ncnc1Cn1cc(C=O)c2ccc(Cl)cc21. The van der Waals surface area contributed by atoms with Crippen LogP contribution in [0, 0.1) is 0 Å². The summed E-state index contributed by atoms with van der Waals surface area (Å²) in [4.78, 5) is 15.4. The highest BCUT2D eigenvalue weighted by Crippen LogP contribution is 2.24. The third-order valence-corrected chi connectivity index (χ3v) is 3.54. The van der Waals surface area contributed by atoms with E-state index in [9.17, 15) is 4.79 Å². The van der Waals surface area contributed by atoms with Crippen molar-refractivity contribution in [2.75, 3.05) is 0 Å². The lowest BCUT2D eigenvalue weighted by atomic mass is 10.2. The molecule has 0 N–H and O–H groups in total. The molecule has 0 aliphatic heterocycles. The minimum Gasteiger partial charge on any atom is -0.339 e. The number of hydrogen-bond acceptors (Lipinski definition) is 3. The van der Waals surface area contributed by atoms with Crippen LogP contribution in [0.3, 0.4) is 0 Å². The fraction of sp³-hybridized carbons (Fsp3) is 0.214. The molecule has 2 aromatic heterocycles. The lowest BCUT2D eigenvalue weighted by Crippen LogP contribution is -2.08. The molecule has 0 aliphatic rings. The zero-order valence-electron chi connectivity index (χ0n) is 11.0. The summed E-state index contributed by atoms with van der Waals surface area (Å²) < 4.78 is 3.80. The van der Waals surface area contributed by atoms with Crippen LogP contribution in [0.2, 0.25) is 5.02 Å². The molecule has 3 rings (SSSR count). The van der Waals surface area contributed by atoms with E-state index >= 15 is 0 Å². The number of fused-ring (bicyclic) bond motifs is 1.